The van der Waals surface area contributed by atoms with E-state index in [9.17, 15) is 9.59 Å². The van der Waals surface area contributed by atoms with E-state index >= 15 is 0 Å². The Labute approximate surface area is 262 Å². The molecule has 11 nitrogen and oxygen atoms in total. The van der Waals surface area contributed by atoms with Crippen LogP contribution in [-0.4, -0.2) is 91.0 Å². The maximum atomic E-state index is 12.4. The van der Waals surface area contributed by atoms with E-state index < -0.39 is 5.97 Å². The quantitative estimate of drug-likeness (QED) is 0.341. The molecule has 0 bridgehead atoms. The molecule has 0 unspecified atom stereocenters. The highest BCUT2D eigenvalue weighted by molar-refractivity contribution is 5.96. The predicted octanol–water partition coefficient (Wildman–Crippen LogP) is 4.35. The summed E-state index contributed by atoms with van der Waals surface area (Å²) in [5.74, 6) is 0.441. The SMILES string of the molecule is CC(=O)N1CCc2c(c(-c3cccc4cc(C)ncc34)nn2C2CCN(CC3CCN(c4ccc(C(=O)O)nn4)CC3)CC2)C1. The minimum Gasteiger partial charge on any atom is -0.476 e. The van der Waals surface area contributed by atoms with Crippen LogP contribution >= 0.6 is 0 Å². The van der Waals surface area contributed by atoms with Crippen molar-refractivity contribution in [3.05, 3.63) is 65.2 Å². The minimum atomic E-state index is -1.05. The van der Waals surface area contributed by atoms with Crippen molar-refractivity contribution >= 4 is 28.5 Å². The predicted molar refractivity (Wildman–Crippen MR) is 171 cm³/mol. The number of aromatic carboxylic acids is 1. The van der Waals surface area contributed by atoms with Gasteiger partial charge in [-0.25, -0.2) is 4.79 Å². The number of carboxylic acids is 1. The van der Waals surface area contributed by atoms with Crippen LogP contribution in [0.4, 0.5) is 5.82 Å². The number of hydrogen-bond acceptors (Lipinski definition) is 8. The molecule has 0 saturated carbocycles. The summed E-state index contributed by atoms with van der Waals surface area (Å²) in [7, 11) is 0. The molecule has 3 aliphatic rings. The van der Waals surface area contributed by atoms with E-state index in [0.29, 0.717) is 18.5 Å². The molecule has 4 aromatic rings. The van der Waals surface area contributed by atoms with Crippen molar-refractivity contribution in [2.24, 2.45) is 5.92 Å². The number of fused-ring (bicyclic) bond motifs is 2. The third-order valence-corrected chi connectivity index (χ3v) is 9.92. The Balaban J connectivity index is 1.03. The molecule has 6 heterocycles. The lowest BCUT2D eigenvalue weighted by Gasteiger charge is -2.38. The van der Waals surface area contributed by atoms with Crippen LogP contribution in [-0.2, 0) is 17.8 Å². The number of pyridine rings is 1. The first-order chi connectivity index (χ1) is 21.8. The number of piperidine rings is 2. The smallest absolute Gasteiger partial charge is 0.356 e. The number of carbonyl (C=O) groups excluding carboxylic acids is 1. The minimum absolute atomic E-state index is 0.0251. The van der Waals surface area contributed by atoms with Gasteiger partial charge in [-0.3, -0.25) is 14.5 Å². The molecule has 234 valence electrons. The molecule has 1 aromatic carbocycles. The molecule has 2 saturated heterocycles. The Morgan fingerprint density at radius 3 is 2.49 bits per heavy atom. The fourth-order valence-electron chi connectivity index (χ4n) is 7.39. The maximum absolute atomic E-state index is 12.4. The van der Waals surface area contributed by atoms with E-state index in [1.165, 1.54) is 17.3 Å². The van der Waals surface area contributed by atoms with Crippen LogP contribution in [0.5, 0.6) is 0 Å². The third-order valence-electron chi connectivity index (χ3n) is 9.92. The number of aromatic nitrogens is 5. The van der Waals surface area contributed by atoms with Gasteiger partial charge in [-0.05, 0) is 62.1 Å². The average Bonchev–Trinajstić information content (AvgIpc) is 3.44. The number of aryl methyl sites for hydroxylation is 1. The zero-order chi connectivity index (χ0) is 31.1. The van der Waals surface area contributed by atoms with Gasteiger partial charge in [0.25, 0.3) is 0 Å². The van der Waals surface area contributed by atoms with Crippen LogP contribution in [0, 0.1) is 12.8 Å². The highest BCUT2D eigenvalue weighted by Gasteiger charge is 2.32. The monoisotopic (exact) mass is 608 g/mol. The molecule has 0 radical (unpaired) electrons. The second kappa shape index (κ2) is 12.2. The molecule has 0 spiro atoms. The fourth-order valence-corrected chi connectivity index (χ4v) is 7.39. The Morgan fingerprint density at radius 2 is 1.78 bits per heavy atom. The van der Waals surface area contributed by atoms with E-state index in [1.807, 2.05) is 18.0 Å². The molecule has 3 aromatic heterocycles. The molecule has 45 heavy (non-hydrogen) atoms. The van der Waals surface area contributed by atoms with Crippen LogP contribution in [0.25, 0.3) is 22.0 Å². The number of benzene rings is 1. The summed E-state index contributed by atoms with van der Waals surface area (Å²) < 4.78 is 2.31. The van der Waals surface area contributed by atoms with Crippen molar-refractivity contribution in [3.63, 3.8) is 0 Å². The van der Waals surface area contributed by atoms with Gasteiger partial charge in [-0.15, -0.1) is 10.2 Å². The van der Waals surface area contributed by atoms with Gasteiger partial charge in [0.1, 0.15) is 0 Å². The van der Waals surface area contributed by atoms with Crippen LogP contribution in [0.15, 0.2) is 42.6 Å². The summed E-state index contributed by atoms with van der Waals surface area (Å²) >= 11 is 0. The topological polar surface area (TPSA) is 121 Å². The molecule has 0 aliphatic carbocycles. The summed E-state index contributed by atoms with van der Waals surface area (Å²) in [6.45, 7) is 10.0. The number of likely N-dealkylation sites (tertiary alicyclic amines) is 1. The van der Waals surface area contributed by atoms with E-state index in [2.05, 4.69) is 53.9 Å². The van der Waals surface area contributed by atoms with Gasteiger partial charge in [0, 0.05) is 93.3 Å². The summed E-state index contributed by atoms with van der Waals surface area (Å²) in [6, 6.07) is 12.1. The molecule has 11 heteroatoms. The van der Waals surface area contributed by atoms with Crippen molar-refractivity contribution in [2.45, 2.75) is 58.5 Å². The Kier molecular flexibility index (Phi) is 7.95. The number of hydrogen-bond donors (Lipinski definition) is 1. The van der Waals surface area contributed by atoms with Gasteiger partial charge in [0.15, 0.2) is 11.5 Å². The number of anilines is 1. The summed E-state index contributed by atoms with van der Waals surface area (Å²) in [5, 5.41) is 24.7. The normalized spacial score (nSPS) is 18.4. The molecule has 0 atom stereocenters. The number of carboxylic acid groups (broad SMARTS) is 1. The lowest BCUT2D eigenvalue weighted by atomic mass is 9.94. The third kappa shape index (κ3) is 5.88. The number of carbonyl (C=O) groups is 2. The highest BCUT2D eigenvalue weighted by atomic mass is 16.4. The van der Waals surface area contributed by atoms with E-state index in [0.717, 1.165) is 105 Å². The fraction of sp³-hybridized carbons (Fsp3) is 0.471. The Morgan fingerprint density at radius 1 is 0.978 bits per heavy atom. The van der Waals surface area contributed by atoms with Gasteiger partial charge >= 0.3 is 5.97 Å². The molecule has 1 amide bonds. The molecule has 7 rings (SSSR count). The molecule has 2 fully saturated rings. The largest absolute Gasteiger partial charge is 0.476 e. The maximum Gasteiger partial charge on any atom is 0.356 e. The number of rotatable bonds is 6. The Hall–Kier alpha value is -4.38. The Bertz CT molecular complexity index is 1720. The van der Waals surface area contributed by atoms with Gasteiger partial charge in [0.2, 0.25) is 5.91 Å². The average molecular weight is 609 g/mol. The molecule has 3 aliphatic heterocycles. The highest BCUT2D eigenvalue weighted by Crippen LogP contribution is 2.37. The second-order valence-electron chi connectivity index (χ2n) is 12.8. The van der Waals surface area contributed by atoms with Crippen molar-refractivity contribution < 1.29 is 14.7 Å². The summed E-state index contributed by atoms with van der Waals surface area (Å²) in [5.41, 5.74) is 5.51. The van der Waals surface area contributed by atoms with E-state index in [4.69, 9.17) is 10.2 Å². The summed E-state index contributed by atoms with van der Waals surface area (Å²) in [6.07, 6.45) is 7.08. The first kappa shape index (κ1) is 29.3. The summed E-state index contributed by atoms with van der Waals surface area (Å²) in [4.78, 5) is 34.8. The van der Waals surface area contributed by atoms with Crippen LogP contribution in [0.1, 0.15) is 66.1 Å². The van der Waals surface area contributed by atoms with Crippen molar-refractivity contribution in [2.75, 3.05) is 44.2 Å². The lowest BCUT2D eigenvalue weighted by Crippen LogP contribution is -2.42. The van der Waals surface area contributed by atoms with Crippen molar-refractivity contribution in [1.82, 2.24) is 34.8 Å². The zero-order valence-electron chi connectivity index (χ0n) is 26.0. The van der Waals surface area contributed by atoms with E-state index in [1.54, 1.807) is 13.0 Å². The number of nitrogens with zero attached hydrogens (tertiary/aromatic N) is 8. The second-order valence-corrected chi connectivity index (χ2v) is 12.8. The van der Waals surface area contributed by atoms with Gasteiger partial charge < -0.3 is 19.8 Å². The van der Waals surface area contributed by atoms with Gasteiger partial charge in [-0.1, -0.05) is 18.2 Å². The van der Waals surface area contributed by atoms with Crippen LogP contribution < -0.4 is 4.90 Å². The standard InChI is InChI=1S/C34H40N8O3/c1-22-18-25-4-3-5-27(28(25)19-35-22)33-29-21-41(23(2)43)17-12-31(29)42(38-33)26-10-13-39(14-11-26)20-24-8-15-40(16-9-24)32-7-6-30(34(44)45)36-37-32/h3-7,18-19,24,26H,8-17,20-21H2,1-2H3,(H,44,45). The lowest BCUT2D eigenvalue weighted by molar-refractivity contribution is -0.129. The van der Waals surface area contributed by atoms with Crippen molar-refractivity contribution in [3.8, 4) is 11.3 Å². The molecule has 1 N–H and O–H groups in total. The van der Waals surface area contributed by atoms with Gasteiger partial charge in [0.05, 0.1) is 11.7 Å². The number of amides is 1. The molecular weight excluding hydrogens is 568 g/mol. The van der Waals surface area contributed by atoms with Gasteiger partial charge in [-0.2, -0.15) is 5.10 Å². The first-order valence-corrected chi connectivity index (χ1v) is 16.1. The first-order valence-electron chi connectivity index (χ1n) is 16.1. The van der Waals surface area contributed by atoms with Crippen molar-refractivity contribution in [1.29, 1.82) is 0 Å². The van der Waals surface area contributed by atoms with E-state index in [-0.39, 0.29) is 11.6 Å². The molecular formula is C34H40N8O3. The van der Waals surface area contributed by atoms with Crippen LogP contribution in [0.3, 0.4) is 0 Å². The zero-order valence-corrected chi connectivity index (χ0v) is 26.0. The van der Waals surface area contributed by atoms with Crippen LogP contribution in [0.2, 0.25) is 0 Å².